The van der Waals surface area contributed by atoms with E-state index in [-0.39, 0.29) is 5.02 Å². The number of anilines is 2. The van der Waals surface area contributed by atoms with Crippen molar-refractivity contribution in [2.24, 2.45) is 0 Å². The minimum absolute atomic E-state index is 0.193. The fourth-order valence-corrected chi connectivity index (χ4v) is 1.64. The summed E-state index contributed by atoms with van der Waals surface area (Å²) >= 11 is 5.62. The number of fused-ring (bicyclic) bond motifs is 1. The summed E-state index contributed by atoms with van der Waals surface area (Å²) in [5.74, 6) is -0.515. The molecule has 0 amide bonds. The predicted molar refractivity (Wildman–Crippen MR) is 55.2 cm³/mol. The van der Waals surface area contributed by atoms with E-state index in [9.17, 15) is 18.0 Å². The predicted octanol–water partition coefficient (Wildman–Crippen LogP) is 2.60. The van der Waals surface area contributed by atoms with E-state index in [1.54, 1.807) is 0 Å². The average Bonchev–Trinajstić information content (AvgIpc) is 2.58. The Morgan fingerprint density at radius 1 is 1.29 bits per heavy atom. The van der Waals surface area contributed by atoms with Crippen LogP contribution in [0.2, 0.25) is 5.02 Å². The molecule has 1 aliphatic heterocycles. The number of rotatable bonds is 2. The average molecular weight is 267 g/mol. The maximum Gasteiger partial charge on any atom is 0.573 e. The Bertz CT molecular complexity index is 464. The summed E-state index contributed by atoms with van der Waals surface area (Å²) < 4.78 is 39.9. The van der Waals surface area contributed by atoms with Gasteiger partial charge in [0.25, 0.3) is 0 Å². The van der Waals surface area contributed by atoms with Crippen molar-refractivity contribution in [1.82, 2.24) is 0 Å². The Morgan fingerprint density at radius 2 is 1.88 bits per heavy atom. The smallest absolute Gasteiger partial charge is 0.404 e. The van der Waals surface area contributed by atoms with Crippen LogP contribution in [0.15, 0.2) is 12.1 Å². The molecule has 1 aliphatic rings. The standard InChI is InChI=1S/C9H6ClF3N2O2/c10-4-1-5-6(15-8(3-16)14-5)2-7(4)17-9(11,12)13/h1-3,8,14-15H. The lowest BCUT2D eigenvalue weighted by atomic mass is 10.2. The maximum absolute atomic E-state index is 12.0. The first-order chi connectivity index (χ1) is 7.89. The van der Waals surface area contributed by atoms with Crippen LogP contribution in [-0.2, 0) is 4.79 Å². The summed E-state index contributed by atoms with van der Waals surface area (Å²) in [5.41, 5.74) is 0.771. The number of halogens is 4. The molecule has 0 spiro atoms. The molecule has 17 heavy (non-hydrogen) atoms. The molecule has 0 aromatic heterocycles. The zero-order valence-corrected chi connectivity index (χ0v) is 8.89. The molecule has 1 atom stereocenters. The molecule has 2 rings (SSSR count). The first-order valence-corrected chi connectivity index (χ1v) is 4.84. The number of ether oxygens (including phenoxy) is 1. The fraction of sp³-hybridized carbons (Fsp3) is 0.222. The molecule has 1 heterocycles. The first-order valence-electron chi connectivity index (χ1n) is 4.47. The van der Waals surface area contributed by atoms with Gasteiger partial charge in [0.1, 0.15) is 5.75 Å². The zero-order chi connectivity index (χ0) is 12.6. The zero-order valence-electron chi connectivity index (χ0n) is 8.14. The normalized spacial score (nSPS) is 18.0. The largest absolute Gasteiger partial charge is 0.573 e. The van der Waals surface area contributed by atoms with Crippen LogP contribution in [-0.4, -0.2) is 18.8 Å². The number of carbonyl (C=O) groups is 1. The molecular weight excluding hydrogens is 261 g/mol. The third-order valence-corrected chi connectivity index (χ3v) is 2.35. The summed E-state index contributed by atoms with van der Waals surface area (Å²) in [5, 5.41) is 5.17. The van der Waals surface area contributed by atoms with E-state index in [0.717, 1.165) is 6.07 Å². The highest BCUT2D eigenvalue weighted by Crippen LogP contribution is 2.39. The van der Waals surface area contributed by atoms with E-state index >= 15 is 0 Å². The summed E-state index contributed by atoms with van der Waals surface area (Å²) in [4.78, 5) is 10.5. The van der Waals surface area contributed by atoms with E-state index in [1.165, 1.54) is 6.07 Å². The second kappa shape index (κ2) is 3.99. The van der Waals surface area contributed by atoms with E-state index in [0.29, 0.717) is 17.7 Å². The van der Waals surface area contributed by atoms with Crippen LogP contribution >= 0.6 is 11.6 Å². The minimum Gasteiger partial charge on any atom is -0.404 e. The summed E-state index contributed by atoms with van der Waals surface area (Å²) in [6.45, 7) is 0. The molecule has 8 heteroatoms. The van der Waals surface area contributed by atoms with Crippen molar-refractivity contribution in [3.8, 4) is 5.75 Å². The van der Waals surface area contributed by atoms with E-state index < -0.39 is 18.3 Å². The van der Waals surface area contributed by atoms with Gasteiger partial charge in [-0.15, -0.1) is 13.2 Å². The van der Waals surface area contributed by atoms with Gasteiger partial charge in [0.05, 0.1) is 16.4 Å². The number of hydrogen-bond donors (Lipinski definition) is 2. The van der Waals surface area contributed by atoms with Gasteiger partial charge >= 0.3 is 6.36 Å². The highest BCUT2D eigenvalue weighted by molar-refractivity contribution is 6.32. The number of aldehydes is 1. The molecule has 0 fully saturated rings. The second-order valence-electron chi connectivity index (χ2n) is 3.28. The lowest BCUT2D eigenvalue weighted by Crippen LogP contribution is -2.23. The van der Waals surface area contributed by atoms with Gasteiger partial charge in [0, 0.05) is 6.07 Å². The quantitative estimate of drug-likeness (QED) is 0.808. The van der Waals surface area contributed by atoms with Crippen LogP contribution in [0.25, 0.3) is 0 Å². The Kier molecular flexibility index (Phi) is 2.78. The van der Waals surface area contributed by atoms with Crippen LogP contribution in [0.5, 0.6) is 5.75 Å². The first kappa shape index (κ1) is 11.8. The highest BCUT2D eigenvalue weighted by Gasteiger charge is 2.33. The Labute approximate surface area is 98.7 Å². The van der Waals surface area contributed by atoms with Crippen molar-refractivity contribution in [1.29, 1.82) is 0 Å². The lowest BCUT2D eigenvalue weighted by molar-refractivity contribution is -0.274. The molecule has 0 bridgehead atoms. The van der Waals surface area contributed by atoms with Crippen molar-refractivity contribution >= 4 is 29.3 Å². The van der Waals surface area contributed by atoms with Gasteiger partial charge in [-0.2, -0.15) is 0 Å². The Hall–Kier alpha value is -1.63. The van der Waals surface area contributed by atoms with Gasteiger partial charge in [-0.3, -0.25) is 4.79 Å². The monoisotopic (exact) mass is 266 g/mol. The summed E-state index contributed by atoms with van der Waals surface area (Å²) in [6, 6.07) is 2.34. The van der Waals surface area contributed by atoms with Gasteiger partial charge in [-0.25, -0.2) is 0 Å². The van der Waals surface area contributed by atoms with Crippen LogP contribution in [0.1, 0.15) is 0 Å². The molecule has 2 N–H and O–H groups in total. The van der Waals surface area contributed by atoms with Crippen LogP contribution in [0, 0.1) is 0 Å². The minimum atomic E-state index is -4.81. The van der Waals surface area contributed by atoms with Gasteiger partial charge in [0.2, 0.25) is 0 Å². The van der Waals surface area contributed by atoms with Gasteiger partial charge < -0.3 is 15.4 Å². The number of hydrogen-bond acceptors (Lipinski definition) is 4. The van der Waals surface area contributed by atoms with Crippen LogP contribution in [0.3, 0.4) is 0 Å². The highest BCUT2D eigenvalue weighted by atomic mass is 35.5. The molecule has 92 valence electrons. The second-order valence-corrected chi connectivity index (χ2v) is 3.69. The molecule has 1 aromatic carbocycles. The van der Waals surface area contributed by atoms with Crippen molar-refractivity contribution < 1.29 is 22.7 Å². The number of benzene rings is 1. The van der Waals surface area contributed by atoms with Crippen molar-refractivity contribution in [2.75, 3.05) is 10.6 Å². The van der Waals surface area contributed by atoms with Crippen LogP contribution in [0.4, 0.5) is 24.5 Å². The lowest BCUT2D eigenvalue weighted by Gasteiger charge is -2.11. The molecule has 1 aromatic rings. The third-order valence-electron chi connectivity index (χ3n) is 2.06. The molecule has 0 aliphatic carbocycles. The number of alkyl halides is 3. The van der Waals surface area contributed by atoms with Crippen molar-refractivity contribution in [3.63, 3.8) is 0 Å². The summed E-state index contributed by atoms with van der Waals surface area (Å²) in [6.07, 6.45) is -4.91. The van der Waals surface area contributed by atoms with E-state index in [2.05, 4.69) is 15.4 Å². The topological polar surface area (TPSA) is 50.4 Å². The van der Waals surface area contributed by atoms with Crippen molar-refractivity contribution in [3.05, 3.63) is 17.2 Å². The summed E-state index contributed by atoms with van der Waals surface area (Å²) in [7, 11) is 0. The Morgan fingerprint density at radius 3 is 2.41 bits per heavy atom. The number of nitrogens with one attached hydrogen (secondary N) is 2. The maximum atomic E-state index is 12.0. The molecular formula is C9H6ClF3N2O2. The van der Waals surface area contributed by atoms with Crippen molar-refractivity contribution in [2.45, 2.75) is 12.5 Å². The Balaban J connectivity index is 2.30. The van der Waals surface area contributed by atoms with Gasteiger partial charge in [0.15, 0.2) is 12.5 Å². The number of carbonyl (C=O) groups excluding carboxylic acids is 1. The third kappa shape index (κ3) is 2.55. The van der Waals surface area contributed by atoms with E-state index in [1.807, 2.05) is 0 Å². The SMILES string of the molecule is O=CC1Nc2cc(Cl)c(OC(F)(F)F)cc2N1. The molecule has 1 unspecified atom stereocenters. The van der Waals surface area contributed by atoms with E-state index in [4.69, 9.17) is 11.6 Å². The molecule has 4 nitrogen and oxygen atoms in total. The molecule has 0 saturated heterocycles. The van der Waals surface area contributed by atoms with Crippen LogP contribution < -0.4 is 15.4 Å². The fourth-order valence-electron chi connectivity index (χ4n) is 1.43. The van der Waals surface area contributed by atoms with Gasteiger partial charge in [-0.05, 0) is 6.07 Å². The molecule has 0 radical (unpaired) electrons. The molecule has 0 saturated carbocycles. The van der Waals surface area contributed by atoms with Gasteiger partial charge in [-0.1, -0.05) is 11.6 Å².